The predicted molar refractivity (Wildman–Crippen MR) is 75.5 cm³/mol. The first kappa shape index (κ1) is 11.7. The van der Waals surface area contributed by atoms with Crippen molar-refractivity contribution < 1.29 is 0 Å². The molecule has 1 saturated heterocycles. The number of hydrogen-bond acceptors (Lipinski definition) is 2. The molecule has 2 heteroatoms. The summed E-state index contributed by atoms with van der Waals surface area (Å²) in [6.45, 7) is 5.76. The van der Waals surface area contributed by atoms with Gasteiger partial charge >= 0.3 is 0 Å². The third kappa shape index (κ3) is 1.64. The van der Waals surface area contributed by atoms with Gasteiger partial charge in [-0.3, -0.25) is 4.98 Å². The zero-order valence-corrected chi connectivity index (χ0v) is 11.1. The zero-order chi connectivity index (χ0) is 12.6. The standard InChI is InChI=1S/C16H20N2/c1-12(2)16(8-4-9-18-16)15-6-3-5-13-11-17-10-7-14(13)15/h3,5-7,10-12,18H,4,8-9H2,1-2H3. The van der Waals surface area contributed by atoms with Crippen LogP contribution in [0, 0.1) is 5.92 Å². The van der Waals surface area contributed by atoms with Gasteiger partial charge in [0.25, 0.3) is 0 Å². The molecule has 18 heavy (non-hydrogen) atoms. The number of aromatic nitrogens is 1. The van der Waals surface area contributed by atoms with E-state index in [2.05, 4.69) is 48.4 Å². The van der Waals surface area contributed by atoms with Crippen LogP contribution in [-0.4, -0.2) is 11.5 Å². The molecule has 0 spiro atoms. The lowest BCUT2D eigenvalue weighted by atomic mass is 9.77. The minimum atomic E-state index is 0.140. The third-order valence-corrected chi connectivity index (χ3v) is 4.34. The highest BCUT2D eigenvalue weighted by atomic mass is 15.0. The summed E-state index contributed by atoms with van der Waals surface area (Å²) in [7, 11) is 0. The van der Waals surface area contributed by atoms with E-state index in [9.17, 15) is 0 Å². The van der Waals surface area contributed by atoms with Gasteiger partial charge in [-0.2, -0.15) is 0 Å². The normalized spacial score (nSPS) is 23.9. The number of fused-ring (bicyclic) bond motifs is 1. The molecule has 94 valence electrons. The fraction of sp³-hybridized carbons (Fsp3) is 0.438. The van der Waals surface area contributed by atoms with E-state index in [4.69, 9.17) is 0 Å². The average molecular weight is 240 g/mol. The second kappa shape index (κ2) is 4.36. The van der Waals surface area contributed by atoms with Crippen LogP contribution in [0.15, 0.2) is 36.7 Å². The summed E-state index contributed by atoms with van der Waals surface area (Å²) in [6, 6.07) is 8.73. The number of pyridine rings is 1. The minimum absolute atomic E-state index is 0.140. The number of benzene rings is 1. The van der Waals surface area contributed by atoms with E-state index in [1.165, 1.54) is 29.2 Å². The average Bonchev–Trinajstić information content (AvgIpc) is 2.88. The van der Waals surface area contributed by atoms with Crippen LogP contribution in [0.4, 0.5) is 0 Å². The molecule has 1 aliphatic rings. The highest BCUT2D eigenvalue weighted by Gasteiger charge is 2.38. The molecular weight excluding hydrogens is 220 g/mol. The van der Waals surface area contributed by atoms with Crippen LogP contribution in [0.2, 0.25) is 0 Å². The molecule has 1 N–H and O–H groups in total. The molecule has 2 aromatic rings. The predicted octanol–water partition coefficient (Wildman–Crippen LogP) is 3.47. The van der Waals surface area contributed by atoms with Gasteiger partial charge in [0, 0.05) is 23.3 Å². The van der Waals surface area contributed by atoms with Crippen molar-refractivity contribution in [3.8, 4) is 0 Å². The molecule has 0 amide bonds. The number of nitrogens with zero attached hydrogens (tertiary/aromatic N) is 1. The van der Waals surface area contributed by atoms with E-state index in [0.29, 0.717) is 5.92 Å². The third-order valence-electron chi connectivity index (χ3n) is 4.34. The molecule has 1 aromatic carbocycles. The van der Waals surface area contributed by atoms with Crippen LogP contribution in [0.1, 0.15) is 32.3 Å². The van der Waals surface area contributed by atoms with Gasteiger partial charge in [-0.15, -0.1) is 0 Å². The second-order valence-electron chi connectivity index (χ2n) is 5.56. The molecule has 1 aliphatic heterocycles. The molecule has 3 rings (SSSR count). The van der Waals surface area contributed by atoms with E-state index >= 15 is 0 Å². The Bertz CT molecular complexity index is 549. The van der Waals surface area contributed by atoms with Crippen LogP contribution in [0.5, 0.6) is 0 Å². The smallest absolute Gasteiger partial charge is 0.0464 e. The maximum absolute atomic E-state index is 4.23. The molecule has 2 heterocycles. The summed E-state index contributed by atoms with van der Waals surface area (Å²) >= 11 is 0. The van der Waals surface area contributed by atoms with Crippen LogP contribution < -0.4 is 5.32 Å². The first-order valence-electron chi connectivity index (χ1n) is 6.82. The van der Waals surface area contributed by atoms with Gasteiger partial charge in [-0.25, -0.2) is 0 Å². The monoisotopic (exact) mass is 240 g/mol. The van der Waals surface area contributed by atoms with Crippen molar-refractivity contribution in [1.82, 2.24) is 10.3 Å². The van der Waals surface area contributed by atoms with Crippen molar-refractivity contribution in [3.63, 3.8) is 0 Å². The van der Waals surface area contributed by atoms with Crippen molar-refractivity contribution in [2.24, 2.45) is 5.92 Å². The van der Waals surface area contributed by atoms with Crippen LogP contribution in [0.3, 0.4) is 0 Å². The lowest BCUT2D eigenvalue weighted by Gasteiger charge is -2.35. The fourth-order valence-electron chi connectivity index (χ4n) is 3.31. The van der Waals surface area contributed by atoms with Crippen LogP contribution in [0.25, 0.3) is 10.8 Å². The number of nitrogens with one attached hydrogen (secondary N) is 1. The molecule has 1 fully saturated rings. The summed E-state index contributed by atoms with van der Waals surface area (Å²) in [4.78, 5) is 4.23. The van der Waals surface area contributed by atoms with E-state index < -0.39 is 0 Å². The Hall–Kier alpha value is -1.41. The molecule has 0 aliphatic carbocycles. The summed E-state index contributed by atoms with van der Waals surface area (Å²) < 4.78 is 0. The van der Waals surface area contributed by atoms with Gasteiger partial charge in [-0.1, -0.05) is 32.0 Å². The fourth-order valence-corrected chi connectivity index (χ4v) is 3.31. The van der Waals surface area contributed by atoms with Crippen molar-refractivity contribution in [2.75, 3.05) is 6.54 Å². The molecule has 2 nitrogen and oxygen atoms in total. The Labute approximate surface area is 108 Å². The van der Waals surface area contributed by atoms with E-state index in [1.54, 1.807) is 0 Å². The molecule has 1 unspecified atom stereocenters. The summed E-state index contributed by atoms with van der Waals surface area (Å²) in [5.74, 6) is 0.596. The topological polar surface area (TPSA) is 24.9 Å². The van der Waals surface area contributed by atoms with Gasteiger partial charge in [0.1, 0.15) is 0 Å². The maximum atomic E-state index is 4.23. The molecule has 0 bridgehead atoms. The van der Waals surface area contributed by atoms with Crippen molar-refractivity contribution >= 4 is 10.8 Å². The molecule has 1 aromatic heterocycles. The summed E-state index contributed by atoms with van der Waals surface area (Å²) in [5.41, 5.74) is 1.58. The molecule has 0 saturated carbocycles. The Morgan fingerprint density at radius 1 is 1.28 bits per heavy atom. The Morgan fingerprint density at radius 2 is 2.17 bits per heavy atom. The largest absolute Gasteiger partial charge is 0.307 e. The number of rotatable bonds is 2. The van der Waals surface area contributed by atoms with Gasteiger partial charge in [0.05, 0.1) is 0 Å². The quantitative estimate of drug-likeness (QED) is 0.869. The SMILES string of the molecule is CC(C)C1(c2cccc3cnccc23)CCCN1. The second-order valence-corrected chi connectivity index (χ2v) is 5.56. The Kier molecular flexibility index (Phi) is 2.83. The zero-order valence-electron chi connectivity index (χ0n) is 11.1. The highest BCUT2D eigenvalue weighted by molar-refractivity contribution is 5.85. The first-order chi connectivity index (χ1) is 8.74. The minimum Gasteiger partial charge on any atom is -0.307 e. The first-order valence-corrected chi connectivity index (χ1v) is 6.82. The maximum Gasteiger partial charge on any atom is 0.0464 e. The Morgan fingerprint density at radius 3 is 2.89 bits per heavy atom. The molecular formula is C16H20N2. The van der Waals surface area contributed by atoms with Crippen molar-refractivity contribution in [3.05, 3.63) is 42.2 Å². The van der Waals surface area contributed by atoms with Crippen molar-refractivity contribution in [1.29, 1.82) is 0 Å². The lowest BCUT2D eigenvalue weighted by Crippen LogP contribution is -2.41. The van der Waals surface area contributed by atoms with E-state index in [-0.39, 0.29) is 5.54 Å². The number of hydrogen-bond donors (Lipinski definition) is 1. The van der Waals surface area contributed by atoms with Gasteiger partial charge in [0.15, 0.2) is 0 Å². The molecule has 1 atom stereocenters. The lowest BCUT2D eigenvalue weighted by molar-refractivity contribution is 0.280. The van der Waals surface area contributed by atoms with E-state index in [0.717, 1.165) is 6.54 Å². The Balaban J connectivity index is 2.24. The summed E-state index contributed by atoms with van der Waals surface area (Å²) in [5, 5.41) is 6.34. The van der Waals surface area contributed by atoms with Gasteiger partial charge < -0.3 is 5.32 Å². The van der Waals surface area contributed by atoms with Gasteiger partial charge in [-0.05, 0) is 42.3 Å². The summed E-state index contributed by atoms with van der Waals surface area (Å²) in [6.07, 6.45) is 6.35. The van der Waals surface area contributed by atoms with Crippen molar-refractivity contribution in [2.45, 2.75) is 32.2 Å². The van der Waals surface area contributed by atoms with Crippen LogP contribution in [-0.2, 0) is 5.54 Å². The van der Waals surface area contributed by atoms with Crippen LogP contribution >= 0.6 is 0 Å². The molecule has 0 radical (unpaired) electrons. The highest BCUT2D eigenvalue weighted by Crippen LogP contribution is 2.40. The van der Waals surface area contributed by atoms with Gasteiger partial charge in [0.2, 0.25) is 0 Å². The van der Waals surface area contributed by atoms with E-state index in [1.807, 2.05) is 12.4 Å².